The Bertz CT molecular complexity index is 1810. The number of halogens is 1. The van der Waals surface area contributed by atoms with E-state index in [2.05, 4.69) is 38.4 Å². The van der Waals surface area contributed by atoms with Gasteiger partial charge in [-0.05, 0) is 97.7 Å². The van der Waals surface area contributed by atoms with Crippen molar-refractivity contribution < 1.29 is 14.3 Å². The van der Waals surface area contributed by atoms with Crippen LogP contribution < -0.4 is 16.4 Å². The summed E-state index contributed by atoms with van der Waals surface area (Å²) in [6, 6.07) is 24.3. The molecule has 0 saturated heterocycles. The first kappa shape index (κ1) is 33.9. The SMILES string of the molecule is COCc1nnc(-c2ccc(N(C(=O)[C@@H](N)Cc3cccc(-c4cccc5ncccc45)c3)C(=O)[C@H]3CC[C@H](CN)CC3)cc2)[nH]1.Cl. The Morgan fingerprint density at radius 2 is 1.72 bits per heavy atom. The zero-order chi connectivity index (χ0) is 32.0. The summed E-state index contributed by atoms with van der Waals surface area (Å²) >= 11 is 0. The van der Waals surface area contributed by atoms with Gasteiger partial charge < -0.3 is 21.2 Å². The third-order valence-electron chi connectivity index (χ3n) is 8.84. The molecular weight excluding hydrogens is 614 g/mol. The van der Waals surface area contributed by atoms with E-state index in [4.69, 9.17) is 16.2 Å². The standard InChI is InChI=1S/C36H39N7O3.ClH/c1-46-22-33-40-34(42-41-33)25-14-16-28(17-15-25)43(35(44)26-12-10-23(21-37)11-13-26)36(45)31(38)20-24-5-2-6-27(19-24)29-7-3-9-32-30(29)8-4-18-39-32;/h2-9,14-19,23,26,31H,10-13,20-22,37-38H2,1H3,(H,40,41,42);1H/t23-,26-,31-;/m0./s1. The van der Waals surface area contributed by atoms with Crippen molar-refractivity contribution in [2.24, 2.45) is 23.3 Å². The van der Waals surface area contributed by atoms with Crippen molar-refractivity contribution >= 4 is 40.8 Å². The molecule has 47 heavy (non-hydrogen) atoms. The molecule has 11 heteroatoms. The number of aromatic nitrogens is 4. The molecule has 0 unspecified atom stereocenters. The van der Waals surface area contributed by atoms with E-state index >= 15 is 0 Å². The van der Waals surface area contributed by atoms with Crippen molar-refractivity contribution in [2.75, 3.05) is 18.6 Å². The summed E-state index contributed by atoms with van der Waals surface area (Å²) in [5.41, 5.74) is 17.7. The molecule has 0 spiro atoms. The van der Waals surface area contributed by atoms with Gasteiger partial charge in [0.25, 0.3) is 5.91 Å². The average Bonchev–Trinajstić information content (AvgIpc) is 3.57. The van der Waals surface area contributed by atoms with Crippen LogP contribution >= 0.6 is 12.4 Å². The van der Waals surface area contributed by atoms with Gasteiger partial charge in [-0.2, -0.15) is 0 Å². The van der Waals surface area contributed by atoms with Crippen molar-refractivity contribution in [3.05, 3.63) is 96.4 Å². The monoisotopic (exact) mass is 653 g/mol. The van der Waals surface area contributed by atoms with Crippen molar-refractivity contribution in [2.45, 2.75) is 44.8 Å². The number of methoxy groups -OCH3 is 1. The molecule has 5 aromatic rings. The third-order valence-corrected chi connectivity index (χ3v) is 8.84. The van der Waals surface area contributed by atoms with Crippen molar-refractivity contribution in [1.82, 2.24) is 20.2 Å². The summed E-state index contributed by atoms with van der Waals surface area (Å²) in [5, 5.41) is 9.34. The maximum Gasteiger partial charge on any atom is 0.251 e. The first-order chi connectivity index (χ1) is 22.4. The molecule has 3 aromatic carbocycles. The Balaban J connectivity index is 0.00000433. The van der Waals surface area contributed by atoms with E-state index in [1.165, 1.54) is 4.90 Å². The molecule has 10 nitrogen and oxygen atoms in total. The van der Waals surface area contributed by atoms with E-state index in [0.717, 1.165) is 46.0 Å². The molecule has 1 aliphatic rings. The zero-order valence-electron chi connectivity index (χ0n) is 26.3. The number of hydrogen-bond acceptors (Lipinski definition) is 8. The Morgan fingerprint density at radius 3 is 2.47 bits per heavy atom. The van der Waals surface area contributed by atoms with Crippen LogP contribution in [0.4, 0.5) is 5.69 Å². The molecule has 5 N–H and O–H groups in total. The van der Waals surface area contributed by atoms with Crippen LogP contribution in [-0.4, -0.2) is 51.7 Å². The largest absolute Gasteiger partial charge is 0.377 e. The summed E-state index contributed by atoms with van der Waals surface area (Å²) in [5.74, 6) is 0.663. The minimum atomic E-state index is -0.931. The number of rotatable bonds is 10. The minimum Gasteiger partial charge on any atom is -0.377 e. The van der Waals surface area contributed by atoms with E-state index < -0.39 is 11.9 Å². The number of amides is 2. The number of nitrogens with one attached hydrogen (secondary N) is 1. The summed E-state index contributed by atoms with van der Waals surface area (Å²) < 4.78 is 5.13. The van der Waals surface area contributed by atoms with Gasteiger partial charge in [0.1, 0.15) is 6.61 Å². The van der Waals surface area contributed by atoms with Crippen molar-refractivity contribution in [3.8, 4) is 22.5 Å². The number of hydrogen-bond donors (Lipinski definition) is 3. The van der Waals surface area contributed by atoms with Crippen LogP contribution in [0.2, 0.25) is 0 Å². The fraction of sp³-hybridized carbons (Fsp3) is 0.306. The average molecular weight is 654 g/mol. The Labute approximate surface area is 280 Å². The number of ether oxygens (including phenoxy) is 1. The smallest absolute Gasteiger partial charge is 0.251 e. The molecule has 6 rings (SSSR count). The number of H-pyrrole nitrogens is 1. The van der Waals surface area contributed by atoms with Crippen LogP contribution in [-0.2, 0) is 27.4 Å². The van der Waals surface area contributed by atoms with E-state index in [1.54, 1.807) is 25.4 Å². The summed E-state index contributed by atoms with van der Waals surface area (Å²) in [6.45, 7) is 0.923. The topological polar surface area (TPSA) is 153 Å². The number of imide groups is 1. The van der Waals surface area contributed by atoms with Crippen LogP contribution in [0.15, 0.2) is 85.1 Å². The Kier molecular flexibility index (Phi) is 11.1. The molecule has 1 fully saturated rings. The second-order valence-corrected chi connectivity index (χ2v) is 12.0. The van der Waals surface area contributed by atoms with E-state index in [-0.39, 0.29) is 30.7 Å². The normalized spacial score (nSPS) is 16.7. The van der Waals surface area contributed by atoms with Crippen molar-refractivity contribution in [1.29, 1.82) is 0 Å². The number of nitrogens with zero attached hydrogens (tertiary/aromatic N) is 4. The lowest BCUT2D eigenvalue weighted by molar-refractivity contribution is -0.130. The van der Waals surface area contributed by atoms with Gasteiger partial charge in [0, 0.05) is 30.2 Å². The molecule has 1 aliphatic carbocycles. The molecule has 0 aliphatic heterocycles. The number of carbonyl (C=O) groups is 2. The maximum atomic E-state index is 14.1. The predicted octanol–water partition coefficient (Wildman–Crippen LogP) is 5.45. The highest BCUT2D eigenvalue weighted by Crippen LogP contribution is 2.32. The minimum absolute atomic E-state index is 0. The molecule has 1 atom stereocenters. The molecular formula is C36H40ClN7O3. The highest BCUT2D eigenvalue weighted by atomic mass is 35.5. The van der Waals surface area contributed by atoms with Crippen LogP contribution in [0.3, 0.4) is 0 Å². The molecule has 0 bridgehead atoms. The van der Waals surface area contributed by atoms with Crippen LogP contribution in [0.1, 0.15) is 37.1 Å². The number of fused-ring (bicyclic) bond motifs is 1. The highest BCUT2D eigenvalue weighted by molar-refractivity contribution is 6.17. The predicted molar refractivity (Wildman–Crippen MR) is 186 cm³/mol. The number of carbonyl (C=O) groups excluding carboxylic acids is 2. The summed E-state index contributed by atoms with van der Waals surface area (Å²) in [4.78, 5) is 37.1. The van der Waals surface area contributed by atoms with Gasteiger partial charge in [0.2, 0.25) is 5.91 Å². The van der Waals surface area contributed by atoms with Gasteiger partial charge in [0.05, 0.1) is 17.2 Å². The molecule has 2 amide bonds. The molecule has 2 aromatic heterocycles. The van der Waals surface area contributed by atoms with E-state index in [9.17, 15) is 9.59 Å². The highest BCUT2D eigenvalue weighted by Gasteiger charge is 2.35. The van der Waals surface area contributed by atoms with Crippen LogP contribution in [0, 0.1) is 11.8 Å². The van der Waals surface area contributed by atoms with Crippen molar-refractivity contribution in [3.63, 3.8) is 0 Å². The second kappa shape index (κ2) is 15.4. The van der Waals surface area contributed by atoms with Gasteiger partial charge >= 0.3 is 0 Å². The van der Waals surface area contributed by atoms with Crippen LogP contribution in [0.5, 0.6) is 0 Å². The maximum absolute atomic E-state index is 14.1. The number of aromatic amines is 1. The van der Waals surface area contributed by atoms with Gasteiger partial charge in [-0.25, -0.2) is 4.90 Å². The molecule has 2 heterocycles. The lowest BCUT2D eigenvalue weighted by atomic mass is 9.81. The number of benzene rings is 3. The first-order valence-corrected chi connectivity index (χ1v) is 15.7. The number of anilines is 1. The quantitative estimate of drug-likeness (QED) is 0.180. The molecule has 0 radical (unpaired) electrons. The van der Waals surface area contributed by atoms with Gasteiger partial charge in [0.15, 0.2) is 11.6 Å². The third kappa shape index (κ3) is 7.58. The molecule has 1 saturated carbocycles. The Hall–Kier alpha value is -4.48. The van der Waals surface area contributed by atoms with Gasteiger partial charge in [-0.15, -0.1) is 22.6 Å². The summed E-state index contributed by atoms with van der Waals surface area (Å²) in [6.07, 6.45) is 5.18. The molecule has 244 valence electrons. The zero-order valence-corrected chi connectivity index (χ0v) is 27.2. The van der Waals surface area contributed by atoms with Gasteiger partial charge in [-0.3, -0.25) is 14.6 Å². The fourth-order valence-corrected chi connectivity index (χ4v) is 6.32. The van der Waals surface area contributed by atoms with Crippen LogP contribution in [0.25, 0.3) is 33.4 Å². The number of nitrogens with two attached hydrogens (primary N) is 2. The summed E-state index contributed by atoms with van der Waals surface area (Å²) in [7, 11) is 1.59. The van der Waals surface area contributed by atoms with E-state index in [1.807, 2.05) is 48.5 Å². The van der Waals surface area contributed by atoms with E-state index in [0.29, 0.717) is 49.2 Å². The number of pyridine rings is 1. The lowest BCUT2D eigenvalue weighted by Gasteiger charge is -2.32. The second-order valence-electron chi connectivity index (χ2n) is 12.0. The Morgan fingerprint density at radius 1 is 0.957 bits per heavy atom. The van der Waals surface area contributed by atoms with Gasteiger partial charge in [-0.1, -0.05) is 42.5 Å². The first-order valence-electron chi connectivity index (χ1n) is 15.7. The lowest BCUT2D eigenvalue weighted by Crippen LogP contribution is -2.50. The fourth-order valence-electron chi connectivity index (χ4n) is 6.32.